The molecule has 1 saturated heterocycles. The molecule has 2 aromatic rings. The van der Waals surface area contributed by atoms with Gasteiger partial charge in [-0.2, -0.15) is 0 Å². The van der Waals surface area contributed by atoms with Gasteiger partial charge in [0.1, 0.15) is 5.69 Å². The normalized spacial score (nSPS) is 14.3. The third-order valence-electron chi connectivity index (χ3n) is 3.63. The number of carbonyl (C=O) groups excluding carboxylic acids is 2. The van der Waals surface area contributed by atoms with Gasteiger partial charge < -0.3 is 16.0 Å². The van der Waals surface area contributed by atoms with Gasteiger partial charge in [0.25, 0.3) is 5.91 Å². The minimum atomic E-state index is -0.255. The number of carbonyl (C=O) groups is 2. The Balaban J connectivity index is 1.72. The van der Waals surface area contributed by atoms with E-state index in [0.717, 1.165) is 23.7 Å². The van der Waals surface area contributed by atoms with Crippen molar-refractivity contribution in [2.24, 2.45) is 5.73 Å². The SMILES string of the molecule is NCCc1nc(C(=O)Nc2cccc(N3CCCC3=O)c2)cs1. The summed E-state index contributed by atoms with van der Waals surface area (Å²) < 4.78 is 0. The summed E-state index contributed by atoms with van der Waals surface area (Å²) in [5, 5.41) is 5.41. The molecule has 1 aliphatic heterocycles. The quantitative estimate of drug-likeness (QED) is 0.878. The lowest BCUT2D eigenvalue weighted by Gasteiger charge is -2.16. The third kappa shape index (κ3) is 3.57. The van der Waals surface area contributed by atoms with Crippen LogP contribution in [0.4, 0.5) is 11.4 Å². The maximum Gasteiger partial charge on any atom is 0.275 e. The van der Waals surface area contributed by atoms with E-state index in [2.05, 4.69) is 10.3 Å². The van der Waals surface area contributed by atoms with Crippen LogP contribution in [0.1, 0.15) is 28.3 Å². The number of aromatic nitrogens is 1. The van der Waals surface area contributed by atoms with Crippen molar-refractivity contribution >= 4 is 34.5 Å². The number of rotatable bonds is 5. The van der Waals surface area contributed by atoms with Crippen LogP contribution in [0.2, 0.25) is 0 Å². The summed E-state index contributed by atoms with van der Waals surface area (Å²) in [6.45, 7) is 1.24. The molecule has 0 aliphatic carbocycles. The highest BCUT2D eigenvalue weighted by Gasteiger charge is 2.22. The Labute approximate surface area is 138 Å². The Morgan fingerprint density at radius 3 is 3.04 bits per heavy atom. The van der Waals surface area contributed by atoms with Crippen molar-refractivity contribution < 1.29 is 9.59 Å². The van der Waals surface area contributed by atoms with E-state index < -0.39 is 0 Å². The zero-order chi connectivity index (χ0) is 16.2. The number of anilines is 2. The van der Waals surface area contributed by atoms with Crippen LogP contribution in [0.15, 0.2) is 29.6 Å². The lowest BCUT2D eigenvalue weighted by Crippen LogP contribution is -2.23. The summed E-state index contributed by atoms with van der Waals surface area (Å²) in [6, 6.07) is 7.32. The number of nitrogens with two attached hydrogens (primary N) is 1. The lowest BCUT2D eigenvalue weighted by molar-refractivity contribution is -0.117. The van der Waals surface area contributed by atoms with E-state index in [1.165, 1.54) is 11.3 Å². The first-order chi connectivity index (χ1) is 11.2. The van der Waals surface area contributed by atoms with Gasteiger partial charge >= 0.3 is 0 Å². The predicted octanol–water partition coefficient (Wildman–Crippen LogP) is 2.02. The van der Waals surface area contributed by atoms with Gasteiger partial charge in [-0.1, -0.05) is 6.07 Å². The van der Waals surface area contributed by atoms with E-state index in [9.17, 15) is 9.59 Å². The van der Waals surface area contributed by atoms with Crippen LogP contribution in [0.3, 0.4) is 0 Å². The Morgan fingerprint density at radius 2 is 2.30 bits per heavy atom. The summed E-state index contributed by atoms with van der Waals surface area (Å²) in [7, 11) is 0. The van der Waals surface area contributed by atoms with Gasteiger partial charge in [0.15, 0.2) is 0 Å². The molecule has 0 saturated carbocycles. The molecule has 1 aromatic carbocycles. The Hall–Kier alpha value is -2.25. The fourth-order valence-corrected chi connectivity index (χ4v) is 3.32. The summed E-state index contributed by atoms with van der Waals surface area (Å²) in [5.74, 6) is -0.131. The van der Waals surface area contributed by atoms with Crippen LogP contribution in [-0.2, 0) is 11.2 Å². The number of nitrogens with zero attached hydrogens (tertiary/aromatic N) is 2. The van der Waals surface area contributed by atoms with Gasteiger partial charge in [-0.05, 0) is 31.2 Å². The first kappa shape index (κ1) is 15.6. The van der Waals surface area contributed by atoms with Crippen molar-refractivity contribution in [3.63, 3.8) is 0 Å². The summed E-state index contributed by atoms with van der Waals surface area (Å²) in [4.78, 5) is 30.1. The molecule has 0 bridgehead atoms. The molecule has 3 rings (SSSR count). The molecular formula is C16H18N4O2S. The number of nitrogens with one attached hydrogen (secondary N) is 1. The van der Waals surface area contributed by atoms with E-state index in [4.69, 9.17) is 5.73 Å². The molecule has 0 atom stereocenters. The van der Waals surface area contributed by atoms with Crippen LogP contribution < -0.4 is 16.0 Å². The Bertz CT molecular complexity index is 728. The molecule has 6 nitrogen and oxygen atoms in total. The molecule has 0 unspecified atom stereocenters. The maximum absolute atomic E-state index is 12.2. The fourth-order valence-electron chi connectivity index (χ4n) is 2.52. The highest BCUT2D eigenvalue weighted by Crippen LogP contribution is 2.24. The second-order valence-electron chi connectivity index (χ2n) is 5.32. The minimum absolute atomic E-state index is 0.124. The smallest absolute Gasteiger partial charge is 0.275 e. The number of hydrogen-bond donors (Lipinski definition) is 2. The van der Waals surface area contributed by atoms with Gasteiger partial charge in [-0.15, -0.1) is 11.3 Å². The van der Waals surface area contributed by atoms with Crippen molar-refractivity contribution in [1.29, 1.82) is 0 Å². The van der Waals surface area contributed by atoms with Crippen LogP contribution in [0, 0.1) is 0 Å². The third-order valence-corrected chi connectivity index (χ3v) is 4.54. The van der Waals surface area contributed by atoms with Gasteiger partial charge in [0, 0.05) is 36.1 Å². The monoisotopic (exact) mass is 330 g/mol. The van der Waals surface area contributed by atoms with Crippen molar-refractivity contribution in [2.75, 3.05) is 23.3 Å². The number of hydrogen-bond acceptors (Lipinski definition) is 5. The van der Waals surface area contributed by atoms with Gasteiger partial charge in [-0.25, -0.2) is 4.98 Å². The average molecular weight is 330 g/mol. The number of thiazole rings is 1. The molecule has 23 heavy (non-hydrogen) atoms. The average Bonchev–Trinajstić information content (AvgIpc) is 3.17. The Kier molecular flexibility index (Phi) is 4.68. The van der Waals surface area contributed by atoms with E-state index in [0.29, 0.717) is 30.8 Å². The maximum atomic E-state index is 12.2. The molecule has 0 spiro atoms. The summed E-state index contributed by atoms with van der Waals surface area (Å²) in [5.41, 5.74) is 7.35. The summed E-state index contributed by atoms with van der Waals surface area (Å²) >= 11 is 1.43. The van der Waals surface area contributed by atoms with Crippen molar-refractivity contribution in [3.8, 4) is 0 Å². The molecule has 3 N–H and O–H groups in total. The van der Waals surface area contributed by atoms with E-state index in [1.807, 2.05) is 18.2 Å². The van der Waals surface area contributed by atoms with E-state index >= 15 is 0 Å². The van der Waals surface area contributed by atoms with Crippen LogP contribution in [0.5, 0.6) is 0 Å². The number of benzene rings is 1. The molecule has 2 heterocycles. The highest BCUT2D eigenvalue weighted by atomic mass is 32.1. The largest absolute Gasteiger partial charge is 0.330 e. The van der Waals surface area contributed by atoms with E-state index in [-0.39, 0.29) is 11.8 Å². The minimum Gasteiger partial charge on any atom is -0.330 e. The molecule has 1 aliphatic rings. The molecule has 2 amide bonds. The van der Waals surface area contributed by atoms with Crippen LogP contribution >= 0.6 is 11.3 Å². The van der Waals surface area contributed by atoms with Crippen LogP contribution in [-0.4, -0.2) is 29.9 Å². The fraction of sp³-hybridized carbons (Fsp3) is 0.312. The highest BCUT2D eigenvalue weighted by molar-refractivity contribution is 7.09. The first-order valence-corrected chi connectivity index (χ1v) is 8.41. The zero-order valence-electron chi connectivity index (χ0n) is 12.6. The first-order valence-electron chi connectivity index (χ1n) is 7.53. The molecule has 1 aromatic heterocycles. The topological polar surface area (TPSA) is 88.3 Å². The molecule has 0 radical (unpaired) electrons. The zero-order valence-corrected chi connectivity index (χ0v) is 13.4. The van der Waals surface area contributed by atoms with Gasteiger partial charge in [-0.3, -0.25) is 9.59 Å². The van der Waals surface area contributed by atoms with Crippen molar-refractivity contribution in [2.45, 2.75) is 19.3 Å². The summed E-state index contributed by atoms with van der Waals surface area (Å²) in [6.07, 6.45) is 2.13. The van der Waals surface area contributed by atoms with Gasteiger partial charge in [0.05, 0.1) is 5.01 Å². The lowest BCUT2D eigenvalue weighted by atomic mass is 10.2. The van der Waals surface area contributed by atoms with Crippen molar-refractivity contribution in [1.82, 2.24) is 4.98 Å². The van der Waals surface area contributed by atoms with Crippen LogP contribution in [0.25, 0.3) is 0 Å². The predicted molar refractivity (Wildman–Crippen MR) is 90.9 cm³/mol. The van der Waals surface area contributed by atoms with Gasteiger partial charge in [0.2, 0.25) is 5.91 Å². The second kappa shape index (κ2) is 6.89. The van der Waals surface area contributed by atoms with E-state index in [1.54, 1.807) is 16.3 Å². The molecule has 120 valence electrons. The molecular weight excluding hydrogens is 312 g/mol. The molecule has 7 heteroatoms. The van der Waals surface area contributed by atoms with Crippen molar-refractivity contribution in [3.05, 3.63) is 40.3 Å². The number of amides is 2. The second-order valence-corrected chi connectivity index (χ2v) is 6.26. The molecule has 1 fully saturated rings. The standard InChI is InChI=1S/C16H18N4O2S/c17-7-6-14-19-13(10-23-14)16(22)18-11-3-1-4-12(9-11)20-8-2-5-15(20)21/h1,3-4,9-10H,2,5-8,17H2,(H,18,22). The Morgan fingerprint density at radius 1 is 1.43 bits per heavy atom.